The molecule has 0 heterocycles. The molecule has 0 radical (unpaired) electrons. The number of nitrogens with zero attached hydrogens (tertiary/aromatic N) is 1. The first-order valence-electron chi connectivity index (χ1n) is 13.6. The van der Waals surface area contributed by atoms with E-state index in [9.17, 15) is 0 Å². The molecule has 0 spiro atoms. The van der Waals surface area contributed by atoms with E-state index >= 15 is 0 Å². The largest absolute Gasteiger partial charge is 0.355 e. The van der Waals surface area contributed by atoms with Crippen molar-refractivity contribution in [3.05, 3.63) is 139 Å². The number of aryl methyl sites for hydroxylation is 1. The van der Waals surface area contributed by atoms with Crippen LogP contribution in [0.25, 0.3) is 23.4 Å². The Bertz CT molecular complexity index is 1270. The lowest BCUT2D eigenvalue weighted by Gasteiger charge is -2.22. The van der Waals surface area contributed by atoms with Crippen molar-refractivity contribution in [2.24, 2.45) is 0 Å². The van der Waals surface area contributed by atoms with Crippen LogP contribution in [-0.4, -0.2) is 24.5 Å². The molecule has 0 saturated carbocycles. The van der Waals surface area contributed by atoms with E-state index < -0.39 is 0 Å². The number of rotatable bonds is 16. The fraction of sp³-hybridized carbons (Fsp3) is 0.222. The summed E-state index contributed by atoms with van der Waals surface area (Å²) in [6.45, 7) is 26.3. The Kier molecular flexibility index (Phi) is 11.1. The Morgan fingerprint density at radius 3 is 2.18 bits per heavy atom. The minimum absolute atomic E-state index is 0.830. The lowest BCUT2D eigenvalue weighted by atomic mass is 9.95. The third-order valence-electron chi connectivity index (χ3n) is 6.86. The summed E-state index contributed by atoms with van der Waals surface area (Å²) in [6, 6.07) is 22.9. The van der Waals surface area contributed by atoms with E-state index in [4.69, 9.17) is 0 Å². The van der Waals surface area contributed by atoms with Gasteiger partial charge in [0, 0.05) is 23.5 Å². The van der Waals surface area contributed by atoms with Crippen molar-refractivity contribution in [2.75, 3.05) is 25.0 Å². The molecule has 0 aromatic heterocycles. The van der Waals surface area contributed by atoms with Crippen molar-refractivity contribution in [3.8, 4) is 0 Å². The second-order valence-corrected chi connectivity index (χ2v) is 9.56. The maximum Gasteiger partial charge on any atom is 0.0463 e. The average molecular weight is 503 g/mol. The van der Waals surface area contributed by atoms with E-state index in [0.29, 0.717) is 0 Å². The van der Waals surface area contributed by atoms with Gasteiger partial charge >= 0.3 is 0 Å². The molecule has 196 valence electrons. The normalized spacial score (nSPS) is 10.7. The van der Waals surface area contributed by atoms with Gasteiger partial charge in [0.15, 0.2) is 0 Å². The van der Waals surface area contributed by atoms with Gasteiger partial charge < -0.3 is 10.2 Å². The van der Waals surface area contributed by atoms with Crippen LogP contribution in [0.4, 0.5) is 5.69 Å². The standard InChI is InChI=1S/C36H42N2/c1-7-11-25-38(24-8-2)26-16-21-31-22-23-36(35(10-4)34(31)9-3)37-29(6)33-20-15-19-32(27-33)28(5)30-17-13-12-14-18-30/h7,9-10,12-15,17-20,22-23,27,37H,1,3-6,8,11,16,21,24-26H2,2H3. The first kappa shape index (κ1) is 28.7. The van der Waals surface area contributed by atoms with E-state index in [2.05, 4.69) is 98.6 Å². The lowest BCUT2D eigenvalue weighted by molar-refractivity contribution is 0.276. The van der Waals surface area contributed by atoms with E-state index in [1.807, 2.05) is 36.4 Å². The van der Waals surface area contributed by atoms with Crippen molar-refractivity contribution in [2.45, 2.75) is 32.6 Å². The molecular weight excluding hydrogens is 460 g/mol. The quantitative estimate of drug-likeness (QED) is 0.196. The molecule has 0 aliphatic rings. The van der Waals surface area contributed by atoms with Crippen molar-refractivity contribution >= 4 is 29.1 Å². The van der Waals surface area contributed by atoms with Gasteiger partial charge in [-0.1, -0.05) is 106 Å². The van der Waals surface area contributed by atoms with E-state index in [1.54, 1.807) is 0 Å². The SMILES string of the molecule is C=CCCN(CCC)CCCc1ccc(NC(=C)c2cccc(C(=C)c3ccccc3)c2)c(C=C)c1C=C. The predicted octanol–water partition coefficient (Wildman–Crippen LogP) is 9.34. The minimum Gasteiger partial charge on any atom is -0.355 e. The highest BCUT2D eigenvalue weighted by Crippen LogP contribution is 2.30. The summed E-state index contributed by atoms with van der Waals surface area (Å²) >= 11 is 0. The van der Waals surface area contributed by atoms with Gasteiger partial charge in [-0.3, -0.25) is 0 Å². The van der Waals surface area contributed by atoms with Crippen LogP contribution in [0.15, 0.2) is 106 Å². The van der Waals surface area contributed by atoms with Crippen LogP contribution in [0.3, 0.4) is 0 Å². The first-order valence-corrected chi connectivity index (χ1v) is 13.6. The fourth-order valence-corrected chi connectivity index (χ4v) is 4.82. The van der Waals surface area contributed by atoms with E-state index in [0.717, 1.165) is 83.7 Å². The summed E-state index contributed by atoms with van der Waals surface area (Å²) in [5, 5.41) is 3.54. The van der Waals surface area contributed by atoms with Crippen molar-refractivity contribution in [1.82, 2.24) is 4.90 Å². The summed E-state index contributed by atoms with van der Waals surface area (Å²) in [4.78, 5) is 2.53. The average Bonchev–Trinajstić information content (AvgIpc) is 2.96. The molecule has 0 aliphatic carbocycles. The van der Waals surface area contributed by atoms with Gasteiger partial charge in [-0.2, -0.15) is 0 Å². The second-order valence-electron chi connectivity index (χ2n) is 9.56. The maximum absolute atomic E-state index is 4.34. The molecule has 0 aliphatic heterocycles. The summed E-state index contributed by atoms with van der Waals surface area (Å²) in [6.07, 6.45) is 10.2. The Morgan fingerprint density at radius 1 is 0.789 bits per heavy atom. The molecule has 3 aromatic carbocycles. The highest BCUT2D eigenvalue weighted by molar-refractivity contribution is 5.86. The van der Waals surface area contributed by atoms with Crippen LogP contribution in [0.5, 0.6) is 0 Å². The van der Waals surface area contributed by atoms with Crippen LogP contribution in [0, 0.1) is 0 Å². The Morgan fingerprint density at radius 2 is 1.50 bits per heavy atom. The number of hydrogen-bond acceptors (Lipinski definition) is 2. The number of benzene rings is 3. The Hall–Kier alpha value is -3.88. The summed E-state index contributed by atoms with van der Waals surface area (Å²) < 4.78 is 0. The molecule has 0 fully saturated rings. The fourth-order valence-electron chi connectivity index (χ4n) is 4.82. The van der Waals surface area contributed by atoms with Gasteiger partial charge in [0.05, 0.1) is 0 Å². The van der Waals surface area contributed by atoms with Crippen LogP contribution in [0.2, 0.25) is 0 Å². The molecule has 0 unspecified atom stereocenters. The molecule has 0 amide bonds. The topological polar surface area (TPSA) is 15.3 Å². The highest BCUT2D eigenvalue weighted by Gasteiger charge is 2.12. The highest BCUT2D eigenvalue weighted by atomic mass is 15.1. The number of anilines is 1. The van der Waals surface area contributed by atoms with E-state index in [-0.39, 0.29) is 0 Å². The van der Waals surface area contributed by atoms with Gasteiger partial charge in [0.25, 0.3) is 0 Å². The molecule has 2 heteroatoms. The molecular formula is C36H42N2. The van der Waals surface area contributed by atoms with Gasteiger partial charge in [0.2, 0.25) is 0 Å². The molecule has 0 atom stereocenters. The van der Waals surface area contributed by atoms with Crippen molar-refractivity contribution in [3.63, 3.8) is 0 Å². The van der Waals surface area contributed by atoms with Gasteiger partial charge in [0.1, 0.15) is 0 Å². The Labute approximate surface area is 230 Å². The molecule has 1 N–H and O–H groups in total. The lowest BCUT2D eigenvalue weighted by Crippen LogP contribution is -2.27. The van der Waals surface area contributed by atoms with E-state index in [1.165, 1.54) is 12.0 Å². The predicted molar refractivity (Wildman–Crippen MR) is 170 cm³/mol. The van der Waals surface area contributed by atoms with Crippen LogP contribution in [0.1, 0.15) is 59.6 Å². The van der Waals surface area contributed by atoms with Crippen LogP contribution < -0.4 is 5.32 Å². The van der Waals surface area contributed by atoms with Gasteiger partial charge in [-0.05, 0) is 84.3 Å². The van der Waals surface area contributed by atoms with Crippen molar-refractivity contribution in [1.29, 1.82) is 0 Å². The molecule has 2 nitrogen and oxygen atoms in total. The zero-order valence-corrected chi connectivity index (χ0v) is 23.0. The zero-order valence-electron chi connectivity index (χ0n) is 23.0. The molecule has 3 rings (SSSR count). The molecule has 0 bridgehead atoms. The number of hydrogen-bond donors (Lipinski definition) is 1. The van der Waals surface area contributed by atoms with Crippen molar-refractivity contribution < 1.29 is 0 Å². The summed E-state index contributed by atoms with van der Waals surface area (Å²) in [5.74, 6) is 0. The number of nitrogens with one attached hydrogen (secondary N) is 1. The second kappa shape index (κ2) is 14.8. The van der Waals surface area contributed by atoms with Gasteiger partial charge in [-0.25, -0.2) is 0 Å². The van der Waals surface area contributed by atoms with Gasteiger partial charge in [-0.15, -0.1) is 6.58 Å². The minimum atomic E-state index is 0.830. The summed E-state index contributed by atoms with van der Waals surface area (Å²) in [7, 11) is 0. The van der Waals surface area contributed by atoms with Crippen LogP contribution in [-0.2, 0) is 6.42 Å². The monoisotopic (exact) mass is 502 g/mol. The molecule has 3 aromatic rings. The smallest absolute Gasteiger partial charge is 0.0463 e. The molecule has 38 heavy (non-hydrogen) atoms. The third kappa shape index (κ3) is 7.57. The Balaban J connectivity index is 1.75. The maximum atomic E-state index is 4.34. The summed E-state index contributed by atoms with van der Waals surface area (Å²) in [5.41, 5.74) is 9.51. The van der Waals surface area contributed by atoms with Crippen LogP contribution >= 0.6 is 0 Å². The first-order chi connectivity index (χ1) is 18.5. The zero-order chi connectivity index (χ0) is 27.3. The molecule has 0 saturated heterocycles. The third-order valence-corrected chi connectivity index (χ3v) is 6.86.